The number of hydrogen-bond acceptors (Lipinski definition) is 3. The minimum atomic E-state index is -0.478. The van der Waals surface area contributed by atoms with Gasteiger partial charge in [-0.3, -0.25) is 0 Å². The number of amides is 2. The van der Waals surface area contributed by atoms with E-state index in [1.807, 2.05) is 30.3 Å². The summed E-state index contributed by atoms with van der Waals surface area (Å²) in [6, 6.07) is 8.70. The first-order valence-corrected chi connectivity index (χ1v) is 8.10. The normalized spacial score (nSPS) is 27.4. The van der Waals surface area contributed by atoms with E-state index in [1.54, 1.807) is 6.92 Å². The van der Waals surface area contributed by atoms with Gasteiger partial charge in [0, 0.05) is 5.70 Å². The second-order valence-corrected chi connectivity index (χ2v) is 6.33. The lowest BCUT2D eigenvalue weighted by molar-refractivity contribution is -0.146. The molecule has 1 aromatic rings. The molecule has 2 aliphatic rings. The smallest absolute Gasteiger partial charge is 0.338 e. The Kier molecular flexibility index (Phi) is 4.37. The first-order chi connectivity index (χ1) is 11.1. The van der Waals surface area contributed by atoms with Gasteiger partial charge in [0.25, 0.3) is 0 Å². The zero-order valence-corrected chi connectivity index (χ0v) is 13.5. The van der Waals surface area contributed by atoms with Gasteiger partial charge in [-0.05, 0) is 37.7 Å². The van der Waals surface area contributed by atoms with Gasteiger partial charge in [-0.2, -0.15) is 0 Å². The Morgan fingerprint density at radius 1 is 1.22 bits per heavy atom. The van der Waals surface area contributed by atoms with E-state index < -0.39 is 6.04 Å². The summed E-state index contributed by atoms with van der Waals surface area (Å²) in [5.74, 6) is 0.0452. The zero-order chi connectivity index (χ0) is 16.4. The molecule has 5 nitrogen and oxygen atoms in total. The molecule has 0 radical (unpaired) electrons. The predicted molar refractivity (Wildman–Crippen MR) is 86.4 cm³/mol. The van der Waals surface area contributed by atoms with Crippen molar-refractivity contribution in [2.24, 2.45) is 5.92 Å². The van der Waals surface area contributed by atoms with Gasteiger partial charge in [0.2, 0.25) is 0 Å². The minimum absolute atomic E-state index is 0.0307. The van der Waals surface area contributed by atoms with Crippen LogP contribution in [0.15, 0.2) is 41.6 Å². The molecule has 0 bridgehead atoms. The van der Waals surface area contributed by atoms with Gasteiger partial charge in [-0.1, -0.05) is 37.3 Å². The van der Waals surface area contributed by atoms with Crippen LogP contribution in [0.25, 0.3) is 0 Å². The van der Waals surface area contributed by atoms with Crippen molar-refractivity contribution in [3.63, 3.8) is 0 Å². The Morgan fingerprint density at radius 3 is 2.61 bits per heavy atom. The number of allylic oxidation sites excluding steroid dienone is 1. The molecule has 1 aromatic carbocycles. The fourth-order valence-corrected chi connectivity index (χ4v) is 3.35. The summed E-state index contributed by atoms with van der Waals surface area (Å²) in [7, 11) is 0. The lowest BCUT2D eigenvalue weighted by Crippen LogP contribution is -2.45. The molecule has 3 atom stereocenters. The summed E-state index contributed by atoms with van der Waals surface area (Å²) in [5.41, 5.74) is 1.90. The van der Waals surface area contributed by atoms with Crippen LogP contribution in [0.1, 0.15) is 44.7 Å². The van der Waals surface area contributed by atoms with Gasteiger partial charge in [0.1, 0.15) is 6.10 Å². The second kappa shape index (κ2) is 6.44. The fraction of sp³-hybridized carbons (Fsp3) is 0.444. The van der Waals surface area contributed by atoms with Crippen molar-refractivity contribution in [1.29, 1.82) is 0 Å². The van der Waals surface area contributed by atoms with Crippen LogP contribution >= 0.6 is 0 Å². The summed E-state index contributed by atoms with van der Waals surface area (Å²) in [6.07, 6.45) is 3.06. The molecular formula is C18H22N2O3. The van der Waals surface area contributed by atoms with Crippen molar-refractivity contribution < 1.29 is 14.3 Å². The first-order valence-electron chi connectivity index (χ1n) is 8.10. The van der Waals surface area contributed by atoms with Crippen LogP contribution in [0.2, 0.25) is 0 Å². The van der Waals surface area contributed by atoms with E-state index in [4.69, 9.17) is 4.74 Å². The topological polar surface area (TPSA) is 67.4 Å². The number of carbonyl (C=O) groups is 2. The van der Waals surface area contributed by atoms with E-state index in [2.05, 4.69) is 17.6 Å². The highest BCUT2D eigenvalue weighted by atomic mass is 16.5. The van der Waals surface area contributed by atoms with Gasteiger partial charge < -0.3 is 15.4 Å². The highest BCUT2D eigenvalue weighted by Gasteiger charge is 2.35. The van der Waals surface area contributed by atoms with E-state index in [0.717, 1.165) is 24.8 Å². The molecule has 2 amide bonds. The van der Waals surface area contributed by atoms with Gasteiger partial charge in [-0.25, -0.2) is 9.59 Å². The molecule has 2 N–H and O–H groups in total. The molecule has 0 saturated heterocycles. The first kappa shape index (κ1) is 15.6. The third-order valence-corrected chi connectivity index (χ3v) is 4.66. The SMILES string of the molecule is CC1=C(C(=O)O[C@@H]2CCC[C@H]2C)[C@H](c2ccccc2)NC(=O)N1. The molecular weight excluding hydrogens is 292 g/mol. The molecule has 3 rings (SSSR count). The number of urea groups is 1. The lowest BCUT2D eigenvalue weighted by atomic mass is 9.95. The highest BCUT2D eigenvalue weighted by molar-refractivity contribution is 5.95. The van der Waals surface area contributed by atoms with Crippen molar-refractivity contribution in [1.82, 2.24) is 10.6 Å². The standard InChI is InChI=1S/C18H22N2O3/c1-11-7-6-10-14(11)23-17(21)15-12(2)19-18(22)20-16(15)13-8-4-3-5-9-13/h3-5,8-9,11,14,16H,6-7,10H2,1-2H3,(H2,19,20,22)/t11-,14-,16+/m1/s1. The summed E-state index contributed by atoms with van der Waals surface area (Å²) < 4.78 is 5.73. The van der Waals surface area contributed by atoms with E-state index in [-0.39, 0.29) is 18.1 Å². The maximum absolute atomic E-state index is 12.7. The number of ether oxygens (including phenoxy) is 1. The van der Waals surface area contributed by atoms with E-state index >= 15 is 0 Å². The predicted octanol–water partition coefficient (Wildman–Crippen LogP) is 3.05. The summed E-state index contributed by atoms with van der Waals surface area (Å²) in [4.78, 5) is 24.5. The molecule has 1 fully saturated rings. The van der Waals surface area contributed by atoms with E-state index in [9.17, 15) is 9.59 Å². The second-order valence-electron chi connectivity index (χ2n) is 6.33. The Morgan fingerprint density at radius 2 is 1.96 bits per heavy atom. The number of benzene rings is 1. The van der Waals surface area contributed by atoms with Crippen LogP contribution < -0.4 is 10.6 Å². The molecule has 0 spiro atoms. The number of rotatable bonds is 3. The maximum Gasteiger partial charge on any atom is 0.338 e. The number of esters is 1. The molecule has 1 heterocycles. The van der Waals surface area contributed by atoms with Crippen molar-refractivity contribution in [3.8, 4) is 0 Å². The maximum atomic E-state index is 12.7. The summed E-state index contributed by atoms with van der Waals surface area (Å²) >= 11 is 0. The third-order valence-electron chi connectivity index (χ3n) is 4.66. The van der Waals surface area contributed by atoms with Crippen LogP contribution in [0, 0.1) is 5.92 Å². The quantitative estimate of drug-likeness (QED) is 0.843. The number of nitrogens with one attached hydrogen (secondary N) is 2. The molecule has 1 aliphatic heterocycles. The van der Waals surface area contributed by atoms with Crippen LogP contribution in [0.3, 0.4) is 0 Å². The summed E-state index contributed by atoms with van der Waals surface area (Å²) in [5, 5.41) is 5.50. The molecule has 23 heavy (non-hydrogen) atoms. The Balaban J connectivity index is 1.87. The average molecular weight is 314 g/mol. The number of carbonyl (C=O) groups excluding carboxylic acids is 2. The molecule has 122 valence electrons. The van der Waals surface area contributed by atoms with Crippen LogP contribution in [0.5, 0.6) is 0 Å². The fourth-order valence-electron chi connectivity index (χ4n) is 3.35. The van der Waals surface area contributed by atoms with Crippen molar-refractivity contribution in [2.45, 2.75) is 45.3 Å². The molecule has 0 unspecified atom stereocenters. The summed E-state index contributed by atoms with van der Waals surface area (Å²) in [6.45, 7) is 3.85. The van der Waals surface area contributed by atoms with Gasteiger partial charge >= 0.3 is 12.0 Å². The molecule has 1 saturated carbocycles. The molecule has 0 aromatic heterocycles. The molecule has 1 aliphatic carbocycles. The van der Waals surface area contributed by atoms with Crippen LogP contribution in [-0.2, 0) is 9.53 Å². The van der Waals surface area contributed by atoms with Crippen LogP contribution in [0.4, 0.5) is 4.79 Å². The van der Waals surface area contributed by atoms with Crippen molar-refractivity contribution >= 4 is 12.0 Å². The van der Waals surface area contributed by atoms with E-state index in [1.165, 1.54) is 0 Å². The van der Waals surface area contributed by atoms with Gasteiger partial charge in [0.05, 0.1) is 11.6 Å². The van der Waals surface area contributed by atoms with Crippen molar-refractivity contribution in [3.05, 3.63) is 47.2 Å². The minimum Gasteiger partial charge on any atom is -0.459 e. The Hall–Kier alpha value is -2.30. The molecule has 5 heteroatoms. The highest BCUT2D eigenvalue weighted by Crippen LogP contribution is 2.32. The third kappa shape index (κ3) is 3.23. The monoisotopic (exact) mass is 314 g/mol. The largest absolute Gasteiger partial charge is 0.459 e. The Labute approximate surface area is 136 Å². The Bertz CT molecular complexity index is 639. The van der Waals surface area contributed by atoms with Gasteiger partial charge in [-0.15, -0.1) is 0 Å². The van der Waals surface area contributed by atoms with Gasteiger partial charge in [0.15, 0.2) is 0 Å². The number of hydrogen-bond donors (Lipinski definition) is 2. The zero-order valence-electron chi connectivity index (χ0n) is 13.5. The van der Waals surface area contributed by atoms with Crippen molar-refractivity contribution in [2.75, 3.05) is 0 Å². The lowest BCUT2D eigenvalue weighted by Gasteiger charge is -2.29. The van der Waals surface area contributed by atoms with Crippen LogP contribution in [-0.4, -0.2) is 18.1 Å². The van der Waals surface area contributed by atoms with E-state index in [0.29, 0.717) is 17.2 Å². The average Bonchev–Trinajstić information content (AvgIpc) is 2.92.